The van der Waals surface area contributed by atoms with Gasteiger partial charge in [0.05, 0.1) is 17.4 Å². The Balaban J connectivity index is 3.03. The molecular weight excluding hydrogens is 240 g/mol. The van der Waals surface area contributed by atoms with Gasteiger partial charge in [-0.3, -0.25) is 19.7 Å². The number of nitrogens with zero attached hydrogens (tertiary/aromatic N) is 1. The first-order valence-corrected chi connectivity index (χ1v) is 5.13. The lowest BCUT2D eigenvalue weighted by Gasteiger charge is -2.15. The molecule has 0 radical (unpaired) electrons. The van der Waals surface area contributed by atoms with E-state index >= 15 is 0 Å². The third kappa shape index (κ3) is 3.85. The number of nitro groups is 1. The van der Waals surface area contributed by atoms with Crippen molar-refractivity contribution in [1.29, 1.82) is 0 Å². The summed E-state index contributed by atoms with van der Waals surface area (Å²) in [5, 5.41) is 21.8. The van der Waals surface area contributed by atoms with Crippen LogP contribution in [-0.4, -0.2) is 21.9 Å². The van der Waals surface area contributed by atoms with Gasteiger partial charge in [0, 0.05) is 19.1 Å². The number of aliphatic carboxylic acids is 1. The molecule has 1 aromatic rings. The molecule has 0 saturated heterocycles. The molecular formula is C11H12N2O5. The molecule has 2 N–H and O–H groups in total. The molecule has 1 unspecified atom stereocenters. The van der Waals surface area contributed by atoms with E-state index < -0.39 is 22.8 Å². The van der Waals surface area contributed by atoms with Gasteiger partial charge in [-0.25, -0.2) is 0 Å². The summed E-state index contributed by atoms with van der Waals surface area (Å²) in [6, 6.07) is 4.76. The van der Waals surface area contributed by atoms with Crippen LogP contribution in [0.1, 0.15) is 24.9 Å². The predicted octanol–water partition coefficient (Wildman–Crippen LogP) is 1.25. The van der Waals surface area contributed by atoms with Gasteiger partial charge < -0.3 is 10.4 Å². The smallest absolute Gasteiger partial charge is 0.305 e. The van der Waals surface area contributed by atoms with Crippen LogP contribution in [0.3, 0.4) is 0 Å². The van der Waals surface area contributed by atoms with Crippen molar-refractivity contribution in [3.8, 4) is 0 Å². The van der Waals surface area contributed by atoms with Gasteiger partial charge in [0.1, 0.15) is 0 Å². The van der Waals surface area contributed by atoms with Crippen molar-refractivity contribution >= 4 is 17.6 Å². The predicted molar refractivity (Wildman–Crippen MR) is 61.9 cm³/mol. The van der Waals surface area contributed by atoms with E-state index in [9.17, 15) is 19.7 Å². The first-order chi connectivity index (χ1) is 8.40. The molecule has 7 heteroatoms. The van der Waals surface area contributed by atoms with Gasteiger partial charge in [-0.05, 0) is 5.56 Å². The number of non-ortho nitro benzene ring substituents is 1. The minimum atomic E-state index is -1.10. The average molecular weight is 252 g/mol. The van der Waals surface area contributed by atoms with Crippen LogP contribution in [0.15, 0.2) is 24.3 Å². The van der Waals surface area contributed by atoms with Gasteiger partial charge in [0.15, 0.2) is 0 Å². The number of hydrogen-bond donors (Lipinski definition) is 2. The fraction of sp³-hybridized carbons (Fsp3) is 0.273. The van der Waals surface area contributed by atoms with E-state index in [1.54, 1.807) is 0 Å². The lowest BCUT2D eigenvalue weighted by atomic mass is 10.0. The third-order valence-corrected chi connectivity index (χ3v) is 2.24. The number of carboxylic acid groups (broad SMARTS) is 1. The highest BCUT2D eigenvalue weighted by atomic mass is 16.6. The molecule has 0 spiro atoms. The van der Waals surface area contributed by atoms with Crippen LogP contribution in [0.25, 0.3) is 0 Å². The topological polar surface area (TPSA) is 110 Å². The Labute approximate surface area is 103 Å². The van der Waals surface area contributed by atoms with E-state index in [1.165, 1.54) is 31.2 Å². The Morgan fingerprint density at radius 3 is 2.67 bits per heavy atom. The van der Waals surface area contributed by atoms with Crippen molar-refractivity contribution in [3.63, 3.8) is 0 Å². The fourth-order valence-electron chi connectivity index (χ4n) is 1.53. The lowest BCUT2D eigenvalue weighted by Crippen LogP contribution is -2.28. The second-order valence-corrected chi connectivity index (χ2v) is 3.70. The second kappa shape index (κ2) is 5.76. The molecule has 1 amide bonds. The van der Waals surface area contributed by atoms with Crippen molar-refractivity contribution < 1.29 is 19.6 Å². The van der Waals surface area contributed by atoms with Crippen molar-refractivity contribution in [3.05, 3.63) is 39.9 Å². The highest BCUT2D eigenvalue weighted by Crippen LogP contribution is 2.21. The molecule has 0 saturated carbocycles. The number of carbonyl (C=O) groups is 2. The molecule has 0 heterocycles. The van der Waals surface area contributed by atoms with E-state index in [4.69, 9.17) is 5.11 Å². The maximum Gasteiger partial charge on any atom is 0.305 e. The van der Waals surface area contributed by atoms with Crippen LogP contribution in [0.2, 0.25) is 0 Å². The highest BCUT2D eigenvalue weighted by Gasteiger charge is 2.18. The van der Waals surface area contributed by atoms with Crippen molar-refractivity contribution in [2.75, 3.05) is 0 Å². The monoisotopic (exact) mass is 252 g/mol. The molecule has 0 aliphatic heterocycles. The molecule has 0 aromatic heterocycles. The molecule has 96 valence electrons. The van der Waals surface area contributed by atoms with Crippen molar-refractivity contribution in [2.24, 2.45) is 0 Å². The Kier molecular flexibility index (Phi) is 4.36. The summed E-state index contributed by atoms with van der Waals surface area (Å²) >= 11 is 0. The number of carboxylic acids is 1. The van der Waals surface area contributed by atoms with E-state index in [1.807, 2.05) is 0 Å². The summed E-state index contributed by atoms with van der Waals surface area (Å²) < 4.78 is 0. The lowest BCUT2D eigenvalue weighted by molar-refractivity contribution is -0.384. The highest BCUT2D eigenvalue weighted by molar-refractivity contribution is 5.75. The molecule has 18 heavy (non-hydrogen) atoms. The van der Waals surface area contributed by atoms with Crippen molar-refractivity contribution in [2.45, 2.75) is 19.4 Å². The van der Waals surface area contributed by atoms with Gasteiger partial charge in [-0.1, -0.05) is 12.1 Å². The summed E-state index contributed by atoms with van der Waals surface area (Å²) in [4.78, 5) is 31.7. The van der Waals surface area contributed by atoms with Crippen LogP contribution < -0.4 is 5.32 Å². The maximum absolute atomic E-state index is 11.0. The van der Waals surface area contributed by atoms with Crippen molar-refractivity contribution in [1.82, 2.24) is 5.32 Å². The van der Waals surface area contributed by atoms with Crippen LogP contribution in [-0.2, 0) is 9.59 Å². The summed E-state index contributed by atoms with van der Waals surface area (Å²) in [6.07, 6.45) is -0.333. The Bertz CT molecular complexity index is 470. The molecule has 0 aliphatic carbocycles. The van der Waals surface area contributed by atoms with Crippen LogP contribution in [0.5, 0.6) is 0 Å². The number of carbonyl (C=O) groups excluding carboxylic acids is 1. The third-order valence-electron chi connectivity index (χ3n) is 2.24. The zero-order chi connectivity index (χ0) is 13.7. The molecule has 0 bridgehead atoms. The van der Waals surface area contributed by atoms with Crippen LogP contribution in [0.4, 0.5) is 5.69 Å². The molecule has 7 nitrogen and oxygen atoms in total. The molecule has 1 atom stereocenters. The number of amides is 1. The average Bonchev–Trinajstić information content (AvgIpc) is 2.27. The molecule has 1 rings (SSSR count). The first-order valence-electron chi connectivity index (χ1n) is 5.13. The largest absolute Gasteiger partial charge is 0.481 e. The second-order valence-electron chi connectivity index (χ2n) is 3.70. The van der Waals surface area contributed by atoms with E-state index in [0.29, 0.717) is 5.56 Å². The van der Waals surface area contributed by atoms with Gasteiger partial charge in [-0.15, -0.1) is 0 Å². The summed E-state index contributed by atoms with van der Waals surface area (Å²) in [5.74, 6) is -1.49. The summed E-state index contributed by atoms with van der Waals surface area (Å²) in [6.45, 7) is 1.26. The minimum Gasteiger partial charge on any atom is -0.481 e. The SMILES string of the molecule is CC(=O)NC(CC(=O)O)c1cccc([N+](=O)[O-])c1. The normalized spacial score (nSPS) is 11.6. The number of nitro benzene ring substituents is 1. The number of nitrogens with one attached hydrogen (secondary N) is 1. The van der Waals surface area contributed by atoms with Gasteiger partial charge in [-0.2, -0.15) is 0 Å². The quantitative estimate of drug-likeness (QED) is 0.605. The summed E-state index contributed by atoms with van der Waals surface area (Å²) in [5.41, 5.74) is 0.245. The van der Waals surface area contributed by atoms with E-state index in [0.717, 1.165) is 0 Å². The van der Waals surface area contributed by atoms with Gasteiger partial charge in [0.2, 0.25) is 5.91 Å². The number of rotatable bonds is 5. The number of hydrogen-bond acceptors (Lipinski definition) is 4. The molecule has 1 aromatic carbocycles. The maximum atomic E-state index is 11.0. The van der Waals surface area contributed by atoms with E-state index in [2.05, 4.69) is 5.32 Å². The zero-order valence-electron chi connectivity index (χ0n) is 9.62. The Morgan fingerprint density at radius 1 is 1.50 bits per heavy atom. The van der Waals surface area contributed by atoms with Gasteiger partial charge >= 0.3 is 5.97 Å². The molecule has 0 aliphatic rings. The molecule has 0 fully saturated rings. The Hall–Kier alpha value is -2.44. The van der Waals surface area contributed by atoms with Gasteiger partial charge in [0.25, 0.3) is 5.69 Å². The van der Waals surface area contributed by atoms with E-state index in [-0.39, 0.29) is 12.1 Å². The van der Waals surface area contributed by atoms with Crippen LogP contribution >= 0.6 is 0 Å². The number of benzene rings is 1. The standard InChI is InChI=1S/C11H12N2O5/c1-7(14)12-10(6-11(15)16)8-3-2-4-9(5-8)13(17)18/h2-5,10H,6H2,1H3,(H,12,14)(H,15,16). The fourth-order valence-corrected chi connectivity index (χ4v) is 1.53. The first kappa shape index (κ1) is 13.6. The Morgan fingerprint density at radius 2 is 2.17 bits per heavy atom. The minimum absolute atomic E-state index is 0.145. The van der Waals surface area contributed by atoms with Crippen LogP contribution in [0, 0.1) is 10.1 Å². The summed E-state index contributed by atoms with van der Waals surface area (Å²) in [7, 11) is 0. The zero-order valence-corrected chi connectivity index (χ0v) is 9.62.